The SMILES string of the molecule is Cc1ccc(-c2ccc(=O)n(CC(=O)N(CCC#N)c3ccc(Cl)c(C)c3)n2)s1. The van der Waals surface area contributed by atoms with Crippen LogP contribution in [0.25, 0.3) is 10.6 Å². The third-order valence-corrected chi connectivity index (χ3v) is 5.79. The van der Waals surface area contributed by atoms with Crippen molar-refractivity contribution in [2.24, 2.45) is 0 Å². The van der Waals surface area contributed by atoms with Gasteiger partial charge in [0.05, 0.1) is 17.4 Å². The molecule has 0 bridgehead atoms. The van der Waals surface area contributed by atoms with Crippen molar-refractivity contribution in [2.45, 2.75) is 26.8 Å². The van der Waals surface area contributed by atoms with E-state index < -0.39 is 0 Å². The minimum atomic E-state index is -0.358. The van der Waals surface area contributed by atoms with Crippen LogP contribution in [0.3, 0.4) is 0 Å². The van der Waals surface area contributed by atoms with Gasteiger partial charge >= 0.3 is 0 Å². The zero-order valence-electron chi connectivity index (χ0n) is 16.1. The van der Waals surface area contributed by atoms with Gasteiger partial charge in [-0.15, -0.1) is 11.3 Å². The quantitative estimate of drug-likeness (QED) is 0.592. The molecule has 0 radical (unpaired) electrons. The summed E-state index contributed by atoms with van der Waals surface area (Å²) >= 11 is 7.66. The van der Waals surface area contributed by atoms with E-state index in [-0.39, 0.29) is 31.0 Å². The fourth-order valence-electron chi connectivity index (χ4n) is 2.84. The van der Waals surface area contributed by atoms with E-state index in [0.717, 1.165) is 20.0 Å². The molecule has 148 valence electrons. The Morgan fingerprint density at radius 2 is 2.03 bits per heavy atom. The van der Waals surface area contributed by atoms with E-state index in [1.807, 2.05) is 26.0 Å². The zero-order valence-corrected chi connectivity index (χ0v) is 17.6. The molecule has 0 fully saturated rings. The van der Waals surface area contributed by atoms with Crippen LogP contribution in [0.1, 0.15) is 16.9 Å². The fourth-order valence-corrected chi connectivity index (χ4v) is 3.79. The summed E-state index contributed by atoms with van der Waals surface area (Å²) in [5.74, 6) is -0.323. The number of halogens is 1. The predicted octanol–water partition coefficient (Wildman–Crippen LogP) is 4.19. The summed E-state index contributed by atoms with van der Waals surface area (Å²) in [6, 6.07) is 14.3. The molecule has 0 saturated heterocycles. The molecule has 0 spiro atoms. The number of thiophene rings is 1. The van der Waals surface area contributed by atoms with Gasteiger partial charge in [0.15, 0.2) is 0 Å². The lowest BCUT2D eigenvalue weighted by Crippen LogP contribution is -2.38. The maximum Gasteiger partial charge on any atom is 0.267 e. The molecule has 2 heterocycles. The third-order valence-electron chi connectivity index (χ3n) is 4.35. The highest BCUT2D eigenvalue weighted by Crippen LogP contribution is 2.25. The van der Waals surface area contributed by atoms with Crippen molar-refractivity contribution >= 4 is 34.5 Å². The van der Waals surface area contributed by atoms with Gasteiger partial charge in [0.2, 0.25) is 5.91 Å². The Kier molecular flexibility index (Phi) is 6.47. The smallest absolute Gasteiger partial charge is 0.267 e. The van der Waals surface area contributed by atoms with Crippen LogP contribution >= 0.6 is 22.9 Å². The number of hydrogen-bond acceptors (Lipinski definition) is 5. The van der Waals surface area contributed by atoms with Crippen LogP contribution in [0.15, 0.2) is 47.3 Å². The summed E-state index contributed by atoms with van der Waals surface area (Å²) in [5, 5.41) is 13.9. The van der Waals surface area contributed by atoms with Crippen molar-refractivity contribution in [2.75, 3.05) is 11.4 Å². The Labute approximate surface area is 177 Å². The molecule has 6 nitrogen and oxygen atoms in total. The lowest BCUT2D eigenvalue weighted by atomic mass is 10.2. The number of hydrogen-bond donors (Lipinski definition) is 0. The molecule has 0 saturated carbocycles. The number of carbonyl (C=O) groups is 1. The maximum absolute atomic E-state index is 13.0. The summed E-state index contributed by atoms with van der Waals surface area (Å²) in [4.78, 5) is 28.8. The van der Waals surface area contributed by atoms with E-state index in [9.17, 15) is 9.59 Å². The number of rotatable bonds is 6. The lowest BCUT2D eigenvalue weighted by molar-refractivity contribution is -0.119. The van der Waals surface area contributed by atoms with Crippen LogP contribution in [0.2, 0.25) is 5.02 Å². The maximum atomic E-state index is 13.0. The second kappa shape index (κ2) is 9.03. The van der Waals surface area contributed by atoms with Crippen molar-refractivity contribution in [1.29, 1.82) is 5.26 Å². The number of amides is 1. The highest BCUT2D eigenvalue weighted by molar-refractivity contribution is 7.15. The molecule has 8 heteroatoms. The molecule has 0 unspecified atom stereocenters. The molecule has 0 atom stereocenters. The van der Waals surface area contributed by atoms with Gasteiger partial charge in [-0.05, 0) is 55.8 Å². The van der Waals surface area contributed by atoms with Crippen LogP contribution in [-0.2, 0) is 11.3 Å². The van der Waals surface area contributed by atoms with Gasteiger partial charge in [0.1, 0.15) is 12.2 Å². The second-order valence-corrected chi connectivity index (χ2v) is 8.21. The standard InChI is InChI=1S/C21H19ClN4O2S/c1-14-12-16(5-6-17(14)22)25(11-3-10-23)21(28)13-26-20(27)9-7-18(24-26)19-8-4-15(2)29-19/h4-9,12H,3,11,13H2,1-2H3. The molecule has 2 aromatic heterocycles. The van der Waals surface area contributed by atoms with Gasteiger partial charge in [-0.1, -0.05) is 11.6 Å². The van der Waals surface area contributed by atoms with E-state index in [1.54, 1.807) is 35.6 Å². The van der Waals surface area contributed by atoms with Crippen LogP contribution in [0.4, 0.5) is 5.69 Å². The number of carbonyl (C=O) groups excluding carboxylic acids is 1. The molecule has 29 heavy (non-hydrogen) atoms. The molecular formula is C21H19ClN4O2S. The zero-order chi connectivity index (χ0) is 21.0. The first-order chi connectivity index (χ1) is 13.9. The monoisotopic (exact) mass is 426 g/mol. The van der Waals surface area contributed by atoms with Gasteiger partial charge < -0.3 is 4.90 Å². The Hall–Kier alpha value is -2.95. The number of anilines is 1. The third kappa shape index (κ3) is 4.91. The molecule has 3 aromatic rings. The molecule has 0 aliphatic heterocycles. The van der Waals surface area contributed by atoms with Crippen LogP contribution in [0.5, 0.6) is 0 Å². The normalized spacial score (nSPS) is 10.6. The van der Waals surface area contributed by atoms with Crippen molar-refractivity contribution in [3.63, 3.8) is 0 Å². The van der Waals surface area contributed by atoms with Crippen molar-refractivity contribution in [1.82, 2.24) is 9.78 Å². The van der Waals surface area contributed by atoms with Gasteiger partial charge in [0.25, 0.3) is 5.56 Å². The molecular weight excluding hydrogens is 408 g/mol. The summed E-state index contributed by atoms with van der Waals surface area (Å²) in [5.41, 5.74) is 1.74. The number of aryl methyl sites for hydroxylation is 2. The van der Waals surface area contributed by atoms with Gasteiger partial charge in [0, 0.05) is 28.2 Å². The topological polar surface area (TPSA) is 79.0 Å². The highest BCUT2D eigenvalue weighted by Gasteiger charge is 2.18. The molecule has 0 aliphatic rings. The Morgan fingerprint density at radius 3 is 2.69 bits per heavy atom. The van der Waals surface area contributed by atoms with E-state index in [4.69, 9.17) is 16.9 Å². The lowest BCUT2D eigenvalue weighted by Gasteiger charge is -2.22. The first-order valence-corrected chi connectivity index (χ1v) is 10.2. The van der Waals surface area contributed by atoms with Gasteiger partial charge in [-0.2, -0.15) is 10.4 Å². The van der Waals surface area contributed by atoms with Crippen molar-refractivity contribution < 1.29 is 4.79 Å². The first-order valence-electron chi connectivity index (χ1n) is 8.97. The first kappa shape index (κ1) is 20.8. The van der Waals surface area contributed by atoms with E-state index >= 15 is 0 Å². The highest BCUT2D eigenvalue weighted by atomic mass is 35.5. The summed E-state index contributed by atoms with van der Waals surface area (Å²) in [7, 11) is 0. The van der Waals surface area contributed by atoms with E-state index in [1.165, 1.54) is 11.0 Å². The molecule has 1 amide bonds. The number of aromatic nitrogens is 2. The van der Waals surface area contributed by atoms with Crippen molar-refractivity contribution in [3.05, 3.63) is 68.3 Å². The van der Waals surface area contributed by atoms with Crippen LogP contribution in [0, 0.1) is 25.2 Å². The molecule has 3 rings (SSSR count). The Bertz CT molecular complexity index is 1150. The van der Waals surface area contributed by atoms with Crippen molar-refractivity contribution in [3.8, 4) is 16.6 Å². The van der Waals surface area contributed by atoms with E-state index in [0.29, 0.717) is 16.4 Å². The summed E-state index contributed by atoms with van der Waals surface area (Å²) in [6.07, 6.45) is 0.171. The predicted molar refractivity (Wildman–Crippen MR) is 115 cm³/mol. The number of nitriles is 1. The van der Waals surface area contributed by atoms with Gasteiger partial charge in [-0.25, -0.2) is 4.68 Å². The largest absolute Gasteiger partial charge is 0.310 e. The Morgan fingerprint density at radius 1 is 1.24 bits per heavy atom. The minimum absolute atomic E-state index is 0.171. The average molecular weight is 427 g/mol. The Balaban J connectivity index is 1.90. The minimum Gasteiger partial charge on any atom is -0.310 e. The number of nitrogens with zero attached hydrogens (tertiary/aromatic N) is 4. The second-order valence-electron chi connectivity index (χ2n) is 6.51. The summed E-state index contributed by atoms with van der Waals surface area (Å²) < 4.78 is 1.16. The summed E-state index contributed by atoms with van der Waals surface area (Å²) in [6.45, 7) is 3.84. The van der Waals surface area contributed by atoms with Gasteiger partial charge in [-0.3, -0.25) is 9.59 Å². The van der Waals surface area contributed by atoms with Crippen LogP contribution < -0.4 is 10.5 Å². The molecule has 0 aliphatic carbocycles. The molecule has 1 aromatic carbocycles. The molecule has 0 N–H and O–H groups in total. The van der Waals surface area contributed by atoms with E-state index in [2.05, 4.69) is 11.2 Å². The fraction of sp³-hybridized carbons (Fsp3) is 0.238. The van der Waals surface area contributed by atoms with Crippen LogP contribution in [-0.4, -0.2) is 22.2 Å². The average Bonchev–Trinajstić information content (AvgIpc) is 3.13. The number of benzene rings is 1.